The first-order valence-corrected chi connectivity index (χ1v) is 12.4. The van der Waals surface area contributed by atoms with Crippen LogP contribution in [0.3, 0.4) is 0 Å². The third-order valence-electron chi connectivity index (χ3n) is 7.02. The van der Waals surface area contributed by atoms with Gasteiger partial charge in [0.15, 0.2) is 0 Å². The van der Waals surface area contributed by atoms with Gasteiger partial charge < -0.3 is 15.1 Å². The Labute approximate surface area is 198 Å². The van der Waals surface area contributed by atoms with Crippen molar-refractivity contribution in [2.75, 3.05) is 26.2 Å². The van der Waals surface area contributed by atoms with Crippen molar-refractivity contribution in [2.45, 2.75) is 52.1 Å². The molecule has 0 radical (unpaired) electrons. The number of piperidine rings is 1. The number of likely N-dealkylation sites (tertiary alicyclic amines) is 1. The Hall–Kier alpha value is -2.66. The van der Waals surface area contributed by atoms with Crippen LogP contribution in [0.15, 0.2) is 54.6 Å². The van der Waals surface area contributed by atoms with E-state index < -0.39 is 6.04 Å². The highest BCUT2D eigenvalue weighted by atomic mass is 16.2. The molecule has 2 aliphatic rings. The summed E-state index contributed by atoms with van der Waals surface area (Å²) in [6.45, 7) is 8.40. The van der Waals surface area contributed by atoms with Crippen LogP contribution in [0.2, 0.25) is 0 Å². The predicted molar refractivity (Wildman–Crippen MR) is 132 cm³/mol. The van der Waals surface area contributed by atoms with Crippen molar-refractivity contribution in [3.8, 4) is 0 Å². The SMILES string of the molecule is CC(C)C[C@H](C(=O)NCCN1CCC(Cc2ccccc2)CC1)N1Cc2ccccc2C1=O. The van der Waals surface area contributed by atoms with Crippen molar-refractivity contribution in [2.24, 2.45) is 11.8 Å². The molecule has 0 aromatic heterocycles. The summed E-state index contributed by atoms with van der Waals surface area (Å²) in [7, 11) is 0. The lowest BCUT2D eigenvalue weighted by Crippen LogP contribution is -2.49. The molecule has 4 rings (SSSR count). The molecule has 2 aromatic carbocycles. The summed E-state index contributed by atoms with van der Waals surface area (Å²) in [4.78, 5) is 30.3. The van der Waals surface area contributed by atoms with E-state index in [0.717, 1.165) is 43.1 Å². The molecule has 1 atom stereocenters. The van der Waals surface area contributed by atoms with Gasteiger partial charge in [-0.15, -0.1) is 0 Å². The summed E-state index contributed by atoms with van der Waals surface area (Å²) in [5.41, 5.74) is 3.18. The summed E-state index contributed by atoms with van der Waals surface area (Å²) in [6.07, 6.45) is 4.25. The topological polar surface area (TPSA) is 52.7 Å². The number of hydrogen-bond donors (Lipinski definition) is 1. The highest BCUT2D eigenvalue weighted by Gasteiger charge is 2.36. The van der Waals surface area contributed by atoms with E-state index in [4.69, 9.17) is 0 Å². The fourth-order valence-electron chi connectivity index (χ4n) is 5.17. The third-order valence-corrected chi connectivity index (χ3v) is 7.02. The van der Waals surface area contributed by atoms with Crippen molar-refractivity contribution >= 4 is 11.8 Å². The molecule has 0 bridgehead atoms. The largest absolute Gasteiger partial charge is 0.353 e. The lowest BCUT2D eigenvalue weighted by atomic mass is 9.90. The van der Waals surface area contributed by atoms with Crippen molar-refractivity contribution in [1.29, 1.82) is 0 Å². The zero-order chi connectivity index (χ0) is 23.2. The Morgan fingerprint density at radius 1 is 1.03 bits per heavy atom. The van der Waals surface area contributed by atoms with Crippen LogP contribution in [0, 0.1) is 11.8 Å². The third kappa shape index (κ3) is 6.02. The zero-order valence-corrected chi connectivity index (χ0v) is 20.0. The van der Waals surface area contributed by atoms with E-state index in [1.54, 1.807) is 4.90 Å². The highest BCUT2D eigenvalue weighted by molar-refractivity contribution is 6.01. The molecule has 0 unspecified atom stereocenters. The number of hydrogen-bond acceptors (Lipinski definition) is 3. The van der Waals surface area contributed by atoms with Crippen LogP contribution in [0.4, 0.5) is 0 Å². The quantitative estimate of drug-likeness (QED) is 0.629. The Morgan fingerprint density at radius 2 is 1.73 bits per heavy atom. The second kappa shape index (κ2) is 11.0. The van der Waals surface area contributed by atoms with Crippen LogP contribution in [0.5, 0.6) is 0 Å². The molecule has 2 heterocycles. The molecule has 1 saturated heterocycles. The second-order valence-electron chi connectivity index (χ2n) is 10.0. The number of fused-ring (bicyclic) bond motifs is 1. The number of nitrogens with one attached hydrogen (secondary N) is 1. The molecular weight excluding hydrogens is 410 g/mol. The minimum atomic E-state index is -0.415. The number of carbonyl (C=O) groups is 2. The van der Waals surface area contributed by atoms with E-state index in [0.29, 0.717) is 25.4 Å². The number of carbonyl (C=O) groups excluding carboxylic acids is 2. The molecule has 5 heteroatoms. The average molecular weight is 448 g/mol. The first kappa shape index (κ1) is 23.5. The van der Waals surface area contributed by atoms with Gasteiger partial charge in [0.1, 0.15) is 6.04 Å². The maximum absolute atomic E-state index is 13.1. The van der Waals surface area contributed by atoms with Crippen LogP contribution < -0.4 is 5.32 Å². The van der Waals surface area contributed by atoms with Gasteiger partial charge in [-0.25, -0.2) is 0 Å². The molecule has 2 aromatic rings. The lowest BCUT2D eigenvalue weighted by Gasteiger charge is -2.32. The molecule has 5 nitrogen and oxygen atoms in total. The average Bonchev–Trinajstić information content (AvgIpc) is 3.15. The fourth-order valence-corrected chi connectivity index (χ4v) is 5.17. The second-order valence-corrected chi connectivity index (χ2v) is 10.0. The standard InChI is InChI=1S/C28H37N3O2/c1-21(2)18-26(31-20-24-10-6-7-11-25(24)28(31)33)27(32)29-14-17-30-15-12-23(13-16-30)19-22-8-4-3-5-9-22/h3-11,21,23,26H,12-20H2,1-2H3,(H,29,32)/t26-/m1/s1. The monoisotopic (exact) mass is 447 g/mol. The van der Waals surface area contributed by atoms with Gasteiger partial charge in [-0.3, -0.25) is 9.59 Å². The molecule has 0 saturated carbocycles. The van der Waals surface area contributed by atoms with E-state index in [2.05, 4.69) is 54.4 Å². The van der Waals surface area contributed by atoms with Gasteiger partial charge in [0.25, 0.3) is 5.91 Å². The smallest absolute Gasteiger partial charge is 0.255 e. The molecule has 2 amide bonds. The Balaban J connectivity index is 1.24. The van der Waals surface area contributed by atoms with Crippen molar-refractivity contribution in [1.82, 2.24) is 15.1 Å². The van der Waals surface area contributed by atoms with Gasteiger partial charge >= 0.3 is 0 Å². The van der Waals surface area contributed by atoms with Gasteiger partial charge in [0.2, 0.25) is 5.91 Å². The normalized spacial score (nSPS) is 17.9. The molecule has 1 fully saturated rings. The van der Waals surface area contributed by atoms with E-state index in [1.807, 2.05) is 24.3 Å². The lowest BCUT2D eigenvalue weighted by molar-refractivity contribution is -0.126. The number of benzene rings is 2. The molecule has 33 heavy (non-hydrogen) atoms. The minimum absolute atomic E-state index is 0.0214. The minimum Gasteiger partial charge on any atom is -0.353 e. The van der Waals surface area contributed by atoms with Gasteiger partial charge in [-0.1, -0.05) is 62.4 Å². The van der Waals surface area contributed by atoms with Crippen LogP contribution in [0.25, 0.3) is 0 Å². The van der Waals surface area contributed by atoms with Crippen LogP contribution in [0.1, 0.15) is 54.6 Å². The first-order valence-electron chi connectivity index (χ1n) is 12.4. The summed E-state index contributed by atoms with van der Waals surface area (Å²) < 4.78 is 0. The summed E-state index contributed by atoms with van der Waals surface area (Å²) in [6, 6.07) is 18.0. The Bertz CT molecular complexity index is 935. The van der Waals surface area contributed by atoms with E-state index in [9.17, 15) is 9.59 Å². The molecule has 1 N–H and O–H groups in total. The maximum atomic E-state index is 13.1. The highest BCUT2D eigenvalue weighted by Crippen LogP contribution is 2.27. The van der Waals surface area contributed by atoms with Gasteiger partial charge in [0.05, 0.1) is 0 Å². The molecule has 0 spiro atoms. The fraction of sp³-hybridized carbons (Fsp3) is 0.500. The van der Waals surface area contributed by atoms with Crippen molar-refractivity contribution in [3.05, 3.63) is 71.3 Å². The van der Waals surface area contributed by atoms with E-state index in [-0.39, 0.29) is 11.8 Å². The van der Waals surface area contributed by atoms with Crippen LogP contribution in [-0.2, 0) is 17.8 Å². The van der Waals surface area contributed by atoms with E-state index in [1.165, 1.54) is 18.4 Å². The molecule has 2 aliphatic heterocycles. The Morgan fingerprint density at radius 3 is 2.42 bits per heavy atom. The van der Waals surface area contributed by atoms with Gasteiger partial charge in [-0.05, 0) is 67.8 Å². The van der Waals surface area contributed by atoms with E-state index >= 15 is 0 Å². The zero-order valence-electron chi connectivity index (χ0n) is 20.0. The number of amides is 2. The first-order chi connectivity index (χ1) is 16.0. The summed E-state index contributed by atoms with van der Waals surface area (Å²) >= 11 is 0. The van der Waals surface area contributed by atoms with Crippen LogP contribution in [-0.4, -0.2) is 53.8 Å². The predicted octanol–water partition coefficient (Wildman–Crippen LogP) is 4.13. The molecular formula is C28H37N3O2. The van der Waals surface area contributed by atoms with Gasteiger partial charge in [0, 0.05) is 25.2 Å². The number of nitrogens with zero attached hydrogens (tertiary/aromatic N) is 2. The van der Waals surface area contributed by atoms with Gasteiger partial charge in [-0.2, -0.15) is 0 Å². The van der Waals surface area contributed by atoms with Crippen molar-refractivity contribution in [3.63, 3.8) is 0 Å². The molecule has 176 valence electrons. The maximum Gasteiger partial charge on any atom is 0.255 e. The summed E-state index contributed by atoms with van der Waals surface area (Å²) in [5, 5.41) is 3.14. The number of rotatable bonds is 9. The molecule has 0 aliphatic carbocycles. The van der Waals surface area contributed by atoms with Crippen molar-refractivity contribution < 1.29 is 9.59 Å². The Kier molecular flexibility index (Phi) is 7.81. The van der Waals surface area contributed by atoms with Crippen LogP contribution >= 0.6 is 0 Å². The summed E-state index contributed by atoms with van der Waals surface area (Å²) in [5.74, 6) is 1.04.